The van der Waals surface area contributed by atoms with Crippen molar-refractivity contribution in [3.05, 3.63) is 121 Å². The molecule has 0 aliphatic heterocycles. The van der Waals surface area contributed by atoms with E-state index in [1.807, 2.05) is 18.2 Å². The Morgan fingerprint density at radius 3 is 1.04 bits per heavy atom. The first-order valence-electron chi connectivity index (χ1n) is 9.01. The molecule has 0 aromatic heterocycles. The summed E-state index contributed by atoms with van der Waals surface area (Å²) in [5, 5.41) is 3.77. The van der Waals surface area contributed by atoms with Gasteiger partial charge in [0.2, 0.25) is 0 Å². The van der Waals surface area contributed by atoms with Gasteiger partial charge < -0.3 is 0 Å². The van der Waals surface area contributed by atoms with Gasteiger partial charge in [0.15, 0.2) is 0 Å². The van der Waals surface area contributed by atoms with Crippen LogP contribution in [0.5, 0.6) is 0 Å². The third-order valence-corrected chi connectivity index (χ3v) is 30.2. The average Bonchev–Trinajstić information content (AvgIpc) is 2.77. The molecule has 4 aromatic rings. The predicted molar refractivity (Wildman–Crippen MR) is 124 cm³/mol. The fourth-order valence-electron chi connectivity index (χ4n) is 3.59. The van der Waals surface area contributed by atoms with Crippen LogP contribution < -0.4 is 20.1 Å². The zero-order chi connectivity index (χ0) is 19.5. The summed E-state index contributed by atoms with van der Waals surface area (Å²) < 4.78 is 1.09. The SMILES string of the molecule is [Cl][Ru]([Cl])([c]1ccccc1)[PH](c1ccccc1)(c1ccccc1)c1ccccc1. The van der Waals surface area contributed by atoms with Gasteiger partial charge in [0, 0.05) is 0 Å². The second-order valence-electron chi connectivity index (χ2n) is 6.43. The van der Waals surface area contributed by atoms with Crippen molar-refractivity contribution in [3.8, 4) is 0 Å². The molecule has 0 radical (unpaired) electrons. The van der Waals surface area contributed by atoms with Gasteiger partial charge in [-0.3, -0.25) is 0 Å². The van der Waals surface area contributed by atoms with E-state index in [0.29, 0.717) is 0 Å². The molecule has 0 atom stereocenters. The molecule has 0 aliphatic rings. The maximum absolute atomic E-state index is 7.59. The van der Waals surface area contributed by atoms with E-state index in [1.165, 1.54) is 15.9 Å². The molecule has 0 N–H and O–H groups in total. The van der Waals surface area contributed by atoms with Gasteiger partial charge in [0.25, 0.3) is 0 Å². The van der Waals surface area contributed by atoms with Crippen LogP contribution in [0.4, 0.5) is 0 Å². The van der Waals surface area contributed by atoms with Crippen molar-refractivity contribution >= 4 is 45.0 Å². The van der Waals surface area contributed by atoms with Crippen LogP contribution in [0, 0.1) is 0 Å². The molecule has 144 valence electrons. The quantitative estimate of drug-likeness (QED) is 0.248. The second-order valence-corrected chi connectivity index (χ2v) is 27.7. The monoisotopic (exact) mass is 512 g/mol. The molecule has 0 heterocycles. The summed E-state index contributed by atoms with van der Waals surface area (Å²) in [5.41, 5.74) is -2.69. The number of hydrogen-bond donors (Lipinski definition) is 0. The van der Waals surface area contributed by atoms with Gasteiger partial charge in [0.1, 0.15) is 0 Å². The van der Waals surface area contributed by atoms with Gasteiger partial charge in [-0.05, 0) is 0 Å². The van der Waals surface area contributed by atoms with Crippen molar-refractivity contribution in [3.63, 3.8) is 0 Å². The van der Waals surface area contributed by atoms with Gasteiger partial charge >= 0.3 is 179 Å². The first-order valence-corrected chi connectivity index (χ1v) is 18.8. The summed E-state index contributed by atoms with van der Waals surface area (Å²) in [6, 6.07) is 42.2. The summed E-state index contributed by atoms with van der Waals surface area (Å²) in [6.45, 7) is 0. The molecule has 4 rings (SSSR count). The van der Waals surface area contributed by atoms with Crippen molar-refractivity contribution < 1.29 is 12.3 Å². The van der Waals surface area contributed by atoms with Gasteiger partial charge in [-0.1, -0.05) is 0 Å². The fraction of sp³-hybridized carbons (Fsp3) is 0. The number of benzene rings is 4. The maximum atomic E-state index is 7.59. The van der Waals surface area contributed by atoms with Crippen molar-refractivity contribution in [2.45, 2.75) is 0 Å². The summed E-state index contributed by atoms with van der Waals surface area (Å²) in [5.74, 6) is 0. The Morgan fingerprint density at radius 1 is 0.429 bits per heavy atom. The molecule has 0 saturated carbocycles. The van der Waals surface area contributed by atoms with E-state index in [0.717, 1.165) is 4.16 Å². The van der Waals surface area contributed by atoms with Crippen LogP contribution in [0.25, 0.3) is 0 Å². The van der Waals surface area contributed by atoms with E-state index >= 15 is 0 Å². The predicted octanol–water partition coefficient (Wildman–Crippen LogP) is 5.41. The van der Waals surface area contributed by atoms with Crippen molar-refractivity contribution in [1.29, 1.82) is 0 Å². The van der Waals surface area contributed by atoms with Crippen LogP contribution >= 0.6 is 25.0 Å². The number of rotatable bonds is 5. The molecule has 28 heavy (non-hydrogen) atoms. The van der Waals surface area contributed by atoms with Gasteiger partial charge in [-0.25, -0.2) is 0 Å². The van der Waals surface area contributed by atoms with Crippen molar-refractivity contribution in [1.82, 2.24) is 0 Å². The van der Waals surface area contributed by atoms with Crippen LogP contribution in [-0.2, 0) is 12.3 Å². The zero-order valence-corrected chi connectivity index (χ0v) is 19.4. The normalized spacial score (nSPS) is 13.1. The van der Waals surface area contributed by atoms with E-state index in [2.05, 4.69) is 103 Å². The Labute approximate surface area is 177 Å². The Hall–Kier alpha value is -1.49. The first kappa shape index (κ1) is 19.8. The van der Waals surface area contributed by atoms with E-state index in [9.17, 15) is 0 Å². The van der Waals surface area contributed by atoms with Crippen LogP contribution in [-0.4, -0.2) is 0 Å². The van der Waals surface area contributed by atoms with Crippen LogP contribution in [0.3, 0.4) is 0 Å². The molecule has 0 amide bonds. The standard InChI is InChI=1S/C18H15P.C6H5.2ClH.Ru/c1-4-10-16(11-5-1)19(17-12-6-2-7-13-17)18-14-8-3-9-15-18;1-2-4-6-5-3-1;;;/h1-15H;1-5H;2*1H;/q;;;;+1/p-1. The fourth-order valence-corrected chi connectivity index (χ4v) is 29.2. The van der Waals surface area contributed by atoms with E-state index < -0.39 is 17.9 Å². The Bertz CT molecular complexity index is 927. The van der Waals surface area contributed by atoms with Gasteiger partial charge in [-0.2, -0.15) is 0 Å². The molecule has 0 saturated heterocycles. The van der Waals surface area contributed by atoms with Crippen molar-refractivity contribution in [2.24, 2.45) is 0 Å². The van der Waals surface area contributed by atoms with Gasteiger partial charge in [0.05, 0.1) is 0 Å². The Morgan fingerprint density at radius 2 is 0.714 bits per heavy atom. The Balaban J connectivity index is 2.14. The molecule has 0 bridgehead atoms. The summed E-state index contributed by atoms with van der Waals surface area (Å²) in [6.07, 6.45) is 0. The Kier molecular flexibility index (Phi) is 6.00. The molecule has 0 aliphatic carbocycles. The molecule has 4 aromatic carbocycles. The summed E-state index contributed by atoms with van der Waals surface area (Å²) >= 11 is -3.42. The molecule has 0 nitrogen and oxygen atoms in total. The summed E-state index contributed by atoms with van der Waals surface area (Å²) in [4.78, 5) is 0. The van der Waals surface area contributed by atoms with Gasteiger partial charge in [-0.15, -0.1) is 0 Å². The van der Waals surface area contributed by atoms with E-state index in [1.54, 1.807) is 0 Å². The zero-order valence-electron chi connectivity index (χ0n) is 15.2. The molecule has 0 fully saturated rings. The van der Waals surface area contributed by atoms with Crippen LogP contribution in [0.2, 0.25) is 0 Å². The molecular weight excluding hydrogens is 491 g/mol. The third kappa shape index (κ3) is 3.36. The van der Waals surface area contributed by atoms with Crippen LogP contribution in [0.1, 0.15) is 0 Å². The van der Waals surface area contributed by atoms with E-state index in [4.69, 9.17) is 19.4 Å². The van der Waals surface area contributed by atoms with Crippen LogP contribution in [0.15, 0.2) is 121 Å². The first-order chi connectivity index (χ1) is 13.7. The summed E-state index contributed by atoms with van der Waals surface area (Å²) in [7, 11) is 15.2. The van der Waals surface area contributed by atoms with E-state index in [-0.39, 0.29) is 0 Å². The average molecular weight is 512 g/mol. The molecular formula is C24H21Cl2PRu. The molecule has 0 unspecified atom stereocenters. The number of halogens is 2. The van der Waals surface area contributed by atoms with Crippen molar-refractivity contribution in [2.75, 3.05) is 0 Å². The minimum absolute atomic E-state index is 1.09. The third-order valence-electron chi connectivity index (χ3n) is 4.81. The molecule has 4 heteroatoms. The molecule has 0 spiro atoms. The number of hydrogen-bond acceptors (Lipinski definition) is 0. The topological polar surface area (TPSA) is 0 Å². The minimum atomic E-state index is -3.42. The second kappa shape index (κ2) is 8.48.